The number of benzene rings is 1. The molecule has 2 rings (SSSR count). The van der Waals surface area contributed by atoms with Crippen molar-refractivity contribution in [2.45, 2.75) is 18.9 Å². The Labute approximate surface area is 126 Å². The number of carbonyl (C=O) groups is 1. The van der Waals surface area contributed by atoms with Crippen LogP contribution in [-0.4, -0.2) is 37.0 Å². The van der Waals surface area contributed by atoms with Gasteiger partial charge in [-0.15, -0.1) is 0 Å². The Balaban J connectivity index is 2.07. The topological polar surface area (TPSA) is 32.3 Å². The van der Waals surface area contributed by atoms with Crippen molar-refractivity contribution in [1.82, 2.24) is 10.2 Å². The summed E-state index contributed by atoms with van der Waals surface area (Å²) in [4.78, 5) is 14.1. The fourth-order valence-electron chi connectivity index (χ4n) is 2.19. The van der Waals surface area contributed by atoms with Crippen LogP contribution in [0.3, 0.4) is 0 Å². The molecule has 18 heavy (non-hydrogen) atoms. The first-order valence-corrected chi connectivity index (χ1v) is 7.47. The smallest absolute Gasteiger partial charge is 0.254 e. The zero-order valence-electron chi connectivity index (χ0n) is 10.2. The number of carbonyl (C=O) groups excluding carboxylic acids is 1. The standard InChI is InChI=1S/C13H16ClIN2O/c1-17(8-10-3-2-6-16-10)13(18)11-7-9(14)4-5-12(11)15/h4-5,7,10,16H,2-3,6,8H2,1H3. The van der Waals surface area contributed by atoms with E-state index in [2.05, 4.69) is 27.9 Å². The van der Waals surface area contributed by atoms with E-state index in [1.807, 2.05) is 13.1 Å². The highest BCUT2D eigenvalue weighted by Crippen LogP contribution is 2.19. The maximum atomic E-state index is 12.3. The van der Waals surface area contributed by atoms with E-state index < -0.39 is 0 Å². The average Bonchev–Trinajstić information content (AvgIpc) is 2.84. The van der Waals surface area contributed by atoms with E-state index in [0.717, 1.165) is 23.1 Å². The first kappa shape index (κ1) is 14.1. The lowest BCUT2D eigenvalue weighted by atomic mass is 10.1. The Morgan fingerprint density at radius 3 is 3.06 bits per heavy atom. The Bertz CT molecular complexity index is 447. The maximum Gasteiger partial charge on any atom is 0.254 e. The maximum absolute atomic E-state index is 12.3. The zero-order chi connectivity index (χ0) is 13.1. The molecule has 1 saturated heterocycles. The van der Waals surface area contributed by atoms with Crippen LogP contribution in [0, 0.1) is 3.57 Å². The third-order valence-electron chi connectivity index (χ3n) is 3.16. The van der Waals surface area contributed by atoms with Gasteiger partial charge in [0, 0.05) is 28.2 Å². The Hall–Kier alpha value is -0.330. The summed E-state index contributed by atoms with van der Waals surface area (Å²) in [6.07, 6.45) is 2.34. The van der Waals surface area contributed by atoms with E-state index in [1.165, 1.54) is 6.42 Å². The summed E-state index contributed by atoms with van der Waals surface area (Å²) in [6, 6.07) is 5.84. The number of nitrogens with one attached hydrogen (secondary N) is 1. The van der Waals surface area contributed by atoms with Gasteiger partial charge in [0.15, 0.2) is 0 Å². The third-order valence-corrected chi connectivity index (χ3v) is 4.34. The molecule has 98 valence electrons. The van der Waals surface area contributed by atoms with Crippen LogP contribution >= 0.6 is 34.2 Å². The van der Waals surface area contributed by atoms with E-state index in [0.29, 0.717) is 16.6 Å². The Kier molecular flexibility index (Phi) is 4.86. The van der Waals surface area contributed by atoms with Crippen molar-refractivity contribution >= 4 is 40.1 Å². The summed E-state index contributed by atoms with van der Waals surface area (Å²) in [6.45, 7) is 1.81. The van der Waals surface area contributed by atoms with Gasteiger partial charge in [-0.05, 0) is 60.2 Å². The van der Waals surface area contributed by atoms with Gasteiger partial charge in [0.25, 0.3) is 5.91 Å². The van der Waals surface area contributed by atoms with Gasteiger partial charge in [0.05, 0.1) is 5.56 Å². The van der Waals surface area contributed by atoms with Gasteiger partial charge >= 0.3 is 0 Å². The minimum Gasteiger partial charge on any atom is -0.340 e. The summed E-state index contributed by atoms with van der Waals surface area (Å²) in [5, 5.41) is 4.00. The van der Waals surface area contributed by atoms with Crippen LogP contribution in [0.5, 0.6) is 0 Å². The number of halogens is 2. The van der Waals surface area contributed by atoms with Crippen LogP contribution in [0.2, 0.25) is 5.02 Å². The van der Waals surface area contributed by atoms with E-state index in [4.69, 9.17) is 11.6 Å². The molecule has 1 N–H and O–H groups in total. The molecule has 1 fully saturated rings. The van der Waals surface area contributed by atoms with Crippen molar-refractivity contribution < 1.29 is 4.79 Å². The SMILES string of the molecule is CN(CC1CCCN1)C(=O)c1cc(Cl)ccc1I. The van der Waals surface area contributed by atoms with Gasteiger partial charge in [-0.1, -0.05) is 11.6 Å². The number of hydrogen-bond donors (Lipinski definition) is 1. The van der Waals surface area contributed by atoms with Gasteiger partial charge in [-0.3, -0.25) is 4.79 Å². The third kappa shape index (κ3) is 3.36. The summed E-state index contributed by atoms with van der Waals surface area (Å²) in [5.41, 5.74) is 0.684. The van der Waals surface area contributed by atoms with Crippen LogP contribution in [0.4, 0.5) is 0 Å². The zero-order valence-corrected chi connectivity index (χ0v) is 13.2. The molecule has 0 spiro atoms. The molecule has 0 saturated carbocycles. The lowest BCUT2D eigenvalue weighted by molar-refractivity contribution is 0.0783. The molecule has 1 heterocycles. The van der Waals surface area contributed by atoms with E-state index in [1.54, 1.807) is 17.0 Å². The molecule has 1 aliphatic rings. The quantitative estimate of drug-likeness (QED) is 0.820. The number of rotatable bonds is 3. The molecule has 0 bridgehead atoms. The molecule has 1 aromatic rings. The van der Waals surface area contributed by atoms with E-state index in [9.17, 15) is 4.79 Å². The molecule has 5 heteroatoms. The van der Waals surface area contributed by atoms with Crippen molar-refractivity contribution in [1.29, 1.82) is 0 Å². The fourth-order valence-corrected chi connectivity index (χ4v) is 2.93. The number of amides is 1. The van der Waals surface area contributed by atoms with Crippen LogP contribution in [-0.2, 0) is 0 Å². The Morgan fingerprint density at radius 1 is 1.61 bits per heavy atom. The normalized spacial score (nSPS) is 18.9. The van der Waals surface area contributed by atoms with Crippen LogP contribution < -0.4 is 5.32 Å². The molecular formula is C13H16ClIN2O. The summed E-state index contributed by atoms with van der Waals surface area (Å²) < 4.78 is 0.938. The molecule has 1 aliphatic heterocycles. The largest absolute Gasteiger partial charge is 0.340 e. The molecule has 0 radical (unpaired) electrons. The molecule has 1 aromatic carbocycles. The van der Waals surface area contributed by atoms with Crippen LogP contribution in [0.25, 0.3) is 0 Å². The minimum atomic E-state index is 0.0376. The fraction of sp³-hybridized carbons (Fsp3) is 0.462. The van der Waals surface area contributed by atoms with Crippen molar-refractivity contribution in [3.05, 3.63) is 32.4 Å². The molecule has 3 nitrogen and oxygen atoms in total. The average molecular weight is 379 g/mol. The Morgan fingerprint density at radius 2 is 2.39 bits per heavy atom. The number of nitrogens with zero attached hydrogens (tertiary/aromatic N) is 1. The highest BCUT2D eigenvalue weighted by atomic mass is 127. The second kappa shape index (κ2) is 6.21. The summed E-state index contributed by atoms with van der Waals surface area (Å²) >= 11 is 8.12. The summed E-state index contributed by atoms with van der Waals surface area (Å²) in [7, 11) is 1.85. The van der Waals surface area contributed by atoms with Gasteiger partial charge in [-0.2, -0.15) is 0 Å². The first-order chi connectivity index (χ1) is 8.58. The highest BCUT2D eigenvalue weighted by Gasteiger charge is 2.21. The minimum absolute atomic E-state index is 0.0376. The lowest BCUT2D eigenvalue weighted by Crippen LogP contribution is -2.38. The van der Waals surface area contributed by atoms with Gasteiger partial charge in [0.2, 0.25) is 0 Å². The first-order valence-electron chi connectivity index (χ1n) is 6.02. The van der Waals surface area contributed by atoms with Crippen molar-refractivity contribution in [2.24, 2.45) is 0 Å². The monoisotopic (exact) mass is 378 g/mol. The van der Waals surface area contributed by atoms with Gasteiger partial charge in [0.1, 0.15) is 0 Å². The summed E-state index contributed by atoms with van der Waals surface area (Å²) in [5.74, 6) is 0.0376. The van der Waals surface area contributed by atoms with Crippen molar-refractivity contribution in [3.63, 3.8) is 0 Å². The van der Waals surface area contributed by atoms with Gasteiger partial charge < -0.3 is 10.2 Å². The van der Waals surface area contributed by atoms with Crippen molar-refractivity contribution in [2.75, 3.05) is 20.1 Å². The second-order valence-electron chi connectivity index (χ2n) is 4.60. The molecule has 1 unspecified atom stereocenters. The number of hydrogen-bond acceptors (Lipinski definition) is 2. The number of likely N-dealkylation sites (N-methyl/N-ethyl adjacent to an activating group) is 1. The van der Waals surface area contributed by atoms with Gasteiger partial charge in [-0.25, -0.2) is 0 Å². The van der Waals surface area contributed by atoms with Crippen LogP contribution in [0.1, 0.15) is 23.2 Å². The predicted molar refractivity (Wildman–Crippen MR) is 82.2 cm³/mol. The second-order valence-corrected chi connectivity index (χ2v) is 6.20. The molecule has 1 atom stereocenters. The molecule has 0 aromatic heterocycles. The molecular weight excluding hydrogens is 363 g/mol. The molecule has 1 amide bonds. The predicted octanol–water partition coefficient (Wildman–Crippen LogP) is 2.77. The van der Waals surface area contributed by atoms with Crippen molar-refractivity contribution in [3.8, 4) is 0 Å². The molecule has 0 aliphatic carbocycles. The highest BCUT2D eigenvalue weighted by molar-refractivity contribution is 14.1. The van der Waals surface area contributed by atoms with Crippen LogP contribution in [0.15, 0.2) is 18.2 Å². The van der Waals surface area contributed by atoms with E-state index in [-0.39, 0.29) is 5.91 Å². The lowest BCUT2D eigenvalue weighted by Gasteiger charge is -2.22. The van der Waals surface area contributed by atoms with E-state index >= 15 is 0 Å².